The molecule has 1 saturated heterocycles. The van der Waals surface area contributed by atoms with Crippen LogP contribution in [0, 0.1) is 5.82 Å². The Morgan fingerprint density at radius 3 is 2.83 bits per heavy atom. The number of para-hydroxylation sites is 1. The van der Waals surface area contributed by atoms with Gasteiger partial charge in [-0.2, -0.15) is 0 Å². The number of amidine groups is 1. The Morgan fingerprint density at radius 2 is 2.09 bits per heavy atom. The second-order valence-corrected chi connectivity index (χ2v) is 6.89. The van der Waals surface area contributed by atoms with E-state index in [1.165, 1.54) is 36.7 Å². The van der Waals surface area contributed by atoms with Crippen LogP contribution in [0.15, 0.2) is 29.3 Å². The molecule has 1 unspecified atom stereocenters. The Labute approximate surface area is 138 Å². The van der Waals surface area contributed by atoms with Crippen molar-refractivity contribution in [3.8, 4) is 0 Å². The monoisotopic (exact) mass is 335 g/mol. The zero-order valence-corrected chi connectivity index (χ0v) is 13.4. The smallest absolute Gasteiger partial charge is 0.240 e. The van der Waals surface area contributed by atoms with Gasteiger partial charge in [0.15, 0.2) is 5.17 Å². The molecular weight excluding hydrogens is 317 g/mol. The van der Waals surface area contributed by atoms with Crippen molar-refractivity contribution in [1.82, 2.24) is 5.32 Å². The topological polar surface area (TPSA) is 70.6 Å². The maximum atomic E-state index is 13.5. The third-order valence-corrected chi connectivity index (χ3v) is 5.02. The minimum absolute atomic E-state index is 0.00544. The van der Waals surface area contributed by atoms with Gasteiger partial charge in [-0.25, -0.2) is 4.39 Å². The normalized spacial score (nSPS) is 23.3. The maximum absolute atomic E-state index is 13.5. The lowest BCUT2D eigenvalue weighted by Crippen LogP contribution is -2.28. The van der Waals surface area contributed by atoms with Gasteiger partial charge < -0.3 is 10.6 Å². The van der Waals surface area contributed by atoms with Crippen LogP contribution in [0.3, 0.4) is 0 Å². The molecule has 1 saturated carbocycles. The molecule has 3 rings (SSSR count). The number of hydrogen-bond acceptors (Lipinski definition) is 4. The number of aliphatic imine (C=N–C) groups is 1. The van der Waals surface area contributed by atoms with Crippen LogP contribution < -0.4 is 10.6 Å². The number of halogens is 1. The Kier molecular flexibility index (Phi) is 4.95. The highest BCUT2D eigenvalue weighted by Crippen LogP contribution is 2.27. The molecular formula is C16H18FN3O2S. The molecule has 0 spiro atoms. The zero-order valence-electron chi connectivity index (χ0n) is 12.5. The number of amides is 2. The van der Waals surface area contributed by atoms with Gasteiger partial charge in [0.1, 0.15) is 11.1 Å². The van der Waals surface area contributed by atoms with Gasteiger partial charge in [-0.1, -0.05) is 36.7 Å². The van der Waals surface area contributed by atoms with Gasteiger partial charge in [0, 0.05) is 6.42 Å². The first-order valence-corrected chi connectivity index (χ1v) is 8.59. The summed E-state index contributed by atoms with van der Waals surface area (Å²) in [6, 6.07) is 6.24. The third-order valence-electron chi connectivity index (χ3n) is 3.92. The SMILES string of the molecule is O=C(CC1SC(=NC2CCCC2)NC1=O)Nc1ccccc1F. The van der Waals surface area contributed by atoms with Crippen LogP contribution in [-0.2, 0) is 9.59 Å². The van der Waals surface area contributed by atoms with Crippen LogP contribution in [0.4, 0.5) is 10.1 Å². The van der Waals surface area contributed by atoms with Crippen molar-refractivity contribution in [2.24, 2.45) is 4.99 Å². The van der Waals surface area contributed by atoms with Crippen LogP contribution in [0.1, 0.15) is 32.1 Å². The predicted octanol–water partition coefficient (Wildman–Crippen LogP) is 2.68. The number of carbonyl (C=O) groups is 2. The summed E-state index contributed by atoms with van der Waals surface area (Å²) in [6.45, 7) is 0. The number of thioether (sulfide) groups is 1. The van der Waals surface area contributed by atoms with Crippen LogP contribution in [-0.4, -0.2) is 28.3 Å². The quantitative estimate of drug-likeness (QED) is 0.889. The van der Waals surface area contributed by atoms with Gasteiger partial charge in [-0.3, -0.25) is 14.6 Å². The minimum atomic E-state index is -0.512. The molecule has 1 aliphatic heterocycles. The highest BCUT2D eigenvalue weighted by atomic mass is 32.2. The van der Waals surface area contributed by atoms with Gasteiger partial charge in [-0.15, -0.1) is 0 Å². The van der Waals surface area contributed by atoms with Crippen molar-refractivity contribution in [3.63, 3.8) is 0 Å². The molecule has 0 bridgehead atoms. The van der Waals surface area contributed by atoms with Gasteiger partial charge in [0.05, 0.1) is 11.7 Å². The Balaban J connectivity index is 1.56. The summed E-state index contributed by atoms with van der Waals surface area (Å²) >= 11 is 1.28. The number of anilines is 1. The molecule has 2 fully saturated rings. The second kappa shape index (κ2) is 7.12. The highest BCUT2D eigenvalue weighted by Gasteiger charge is 2.32. The van der Waals surface area contributed by atoms with E-state index in [9.17, 15) is 14.0 Å². The molecule has 5 nitrogen and oxygen atoms in total. The molecule has 1 atom stereocenters. The van der Waals surface area contributed by atoms with E-state index in [4.69, 9.17) is 0 Å². The molecule has 2 N–H and O–H groups in total. The molecule has 23 heavy (non-hydrogen) atoms. The third kappa shape index (κ3) is 4.10. The lowest BCUT2D eigenvalue weighted by Gasteiger charge is -2.08. The summed E-state index contributed by atoms with van der Waals surface area (Å²) in [5.41, 5.74) is 0.126. The fourth-order valence-electron chi connectivity index (χ4n) is 2.73. The maximum Gasteiger partial charge on any atom is 0.240 e. The molecule has 0 radical (unpaired) electrons. The van der Waals surface area contributed by atoms with Crippen molar-refractivity contribution in [1.29, 1.82) is 0 Å². The van der Waals surface area contributed by atoms with Gasteiger partial charge >= 0.3 is 0 Å². The largest absolute Gasteiger partial charge is 0.324 e. The zero-order chi connectivity index (χ0) is 16.2. The number of nitrogens with zero attached hydrogens (tertiary/aromatic N) is 1. The van der Waals surface area contributed by atoms with Crippen LogP contribution in [0.2, 0.25) is 0 Å². The summed E-state index contributed by atoms with van der Waals surface area (Å²) in [6.07, 6.45) is 4.45. The lowest BCUT2D eigenvalue weighted by atomic mass is 10.2. The van der Waals surface area contributed by atoms with Crippen molar-refractivity contribution < 1.29 is 14.0 Å². The van der Waals surface area contributed by atoms with Crippen molar-refractivity contribution in [3.05, 3.63) is 30.1 Å². The first-order chi connectivity index (χ1) is 11.1. The molecule has 122 valence electrons. The van der Waals surface area contributed by atoms with E-state index in [0.29, 0.717) is 5.17 Å². The summed E-state index contributed by atoms with van der Waals surface area (Å²) in [7, 11) is 0. The minimum Gasteiger partial charge on any atom is -0.324 e. The van der Waals surface area contributed by atoms with Crippen molar-refractivity contribution in [2.45, 2.75) is 43.4 Å². The molecule has 2 amide bonds. The first kappa shape index (κ1) is 16.0. The van der Waals surface area contributed by atoms with Gasteiger partial charge in [0.25, 0.3) is 0 Å². The fourth-order valence-corrected chi connectivity index (χ4v) is 3.77. The van der Waals surface area contributed by atoms with E-state index < -0.39 is 11.1 Å². The summed E-state index contributed by atoms with van der Waals surface area (Å²) in [4.78, 5) is 28.5. The molecule has 1 aromatic rings. The number of hydrogen-bond donors (Lipinski definition) is 2. The van der Waals surface area contributed by atoms with E-state index in [0.717, 1.165) is 12.8 Å². The fraction of sp³-hybridized carbons (Fsp3) is 0.438. The van der Waals surface area contributed by atoms with E-state index in [-0.39, 0.29) is 30.0 Å². The molecule has 1 aliphatic carbocycles. The van der Waals surface area contributed by atoms with E-state index in [1.54, 1.807) is 12.1 Å². The number of benzene rings is 1. The Hall–Kier alpha value is -1.89. The first-order valence-electron chi connectivity index (χ1n) is 7.71. The van der Waals surface area contributed by atoms with Gasteiger partial charge in [-0.05, 0) is 25.0 Å². The molecule has 2 aliphatic rings. The van der Waals surface area contributed by atoms with Crippen LogP contribution in [0.25, 0.3) is 0 Å². The molecule has 1 heterocycles. The Bertz CT molecular complexity index is 644. The van der Waals surface area contributed by atoms with Crippen LogP contribution >= 0.6 is 11.8 Å². The van der Waals surface area contributed by atoms with Crippen LogP contribution in [0.5, 0.6) is 0 Å². The summed E-state index contributed by atoms with van der Waals surface area (Å²) < 4.78 is 13.5. The van der Waals surface area contributed by atoms with Crippen molar-refractivity contribution >= 4 is 34.4 Å². The average molecular weight is 335 g/mol. The highest BCUT2D eigenvalue weighted by molar-refractivity contribution is 8.15. The number of rotatable bonds is 4. The molecule has 1 aromatic carbocycles. The standard InChI is InChI=1S/C16H18FN3O2S/c17-11-7-3-4-8-12(11)19-14(21)9-13-15(22)20-16(23-13)18-10-5-1-2-6-10/h3-4,7-8,10,13H,1-2,5-6,9H2,(H,19,21)(H,18,20,22). The lowest BCUT2D eigenvalue weighted by molar-refractivity contribution is -0.122. The molecule has 7 heteroatoms. The van der Waals surface area contributed by atoms with Gasteiger partial charge in [0.2, 0.25) is 11.8 Å². The Morgan fingerprint density at radius 1 is 1.35 bits per heavy atom. The predicted molar refractivity (Wildman–Crippen MR) is 88.9 cm³/mol. The average Bonchev–Trinajstić information content (AvgIpc) is 3.12. The summed E-state index contributed by atoms with van der Waals surface area (Å²) in [5, 5.41) is 5.32. The van der Waals surface area contributed by atoms with Crippen molar-refractivity contribution in [2.75, 3.05) is 5.32 Å². The van der Waals surface area contributed by atoms with E-state index in [1.807, 2.05) is 0 Å². The summed E-state index contributed by atoms with van der Waals surface area (Å²) in [5.74, 6) is -1.09. The van der Waals surface area contributed by atoms with E-state index in [2.05, 4.69) is 15.6 Å². The second-order valence-electron chi connectivity index (χ2n) is 5.70. The number of nitrogens with one attached hydrogen (secondary N) is 2. The number of carbonyl (C=O) groups excluding carboxylic acids is 2. The molecule has 0 aromatic heterocycles. The van der Waals surface area contributed by atoms with E-state index >= 15 is 0 Å².